The molecule has 3 nitrogen and oxygen atoms in total. The van der Waals surface area contributed by atoms with Crippen LogP contribution in [0.25, 0.3) is 0 Å². The average Bonchev–Trinajstić information content (AvgIpc) is 2.18. The van der Waals surface area contributed by atoms with Gasteiger partial charge in [-0.25, -0.2) is 0 Å². The summed E-state index contributed by atoms with van der Waals surface area (Å²) in [4.78, 5) is 21.5. The van der Waals surface area contributed by atoms with Crippen LogP contribution < -0.4 is 0 Å². The Morgan fingerprint density at radius 1 is 1.64 bits per heavy atom. The van der Waals surface area contributed by atoms with E-state index in [1.54, 1.807) is 6.08 Å². The summed E-state index contributed by atoms with van der Waals surface area (Å²) in [5.41, 5.74) is -0.0493. The number of hydrogen-bond acceptors (Lipinski definition) is 2. The van der Waals surface area contributed by atoms with Crippen molar-refractivity contribution in [1.29, 1.82) is 0 Å². The molecular formula is C11H16O3. The van der Waals surface area contributed by atoms with Gasteiger partial charge in [-0.15, -0.1) is 0 Å². The molecule has 0 radical (unpaired) electrons. The van der Waals surface area contributed by atoms with Crippen LogP contribution >= 0.6 is 0 Å². The molecule has 78 valence electrons. The van der Waals surface area contributed by atoms with E-state index in [-0.39, 0.29) is 17.6 Å². The Morgan fingerprint density at radius 2 is 2.36 bits per heavy atom. The minimum Gasteiger partial charge on any atom is -0.481 e. The molecule has 0 aromatic rings. The number of ketones is 1. The van der Waals surface area contributed by atoms with E-state index in [2.05, 4.69) is 0 Å². The van der Waals surface area contributed by atoms with Crippen molar-refractivity contribution in [2.24, 2.45) is 5.41 Å². The van der Waals surface area contributed by atoms with E-state index < -0.39 is 5.97 Å². The molecule has 0 spiro atoms. The van der Waals surface area contributed by atoms with Crippen LogP contribution in [0.1, 0.15) is 39.0 Å². The predicted molar refractivity (Wildman–Crippen MR) is 53.0 cm³/mol. The Balaban J connectivity index is 2.62. The number of hydrogen-bond donors (Lipinski definition) is 1. The van der Waals surface area contributed by atoms with E-state index in [0.29, 0.717) is 12.8 Å². The van der Waals surface area contributed by atoms with Crippen molar-refractivity contribution in [2.45, 2.75) is 39.0 Å². The smallest absolute Gasteiger partial charge is 0.303 e. The molecule has 0 aliphatic heterocycles. The first-order chi connectivity index (χ1) is 6.58. The lowest BCUT2D eigenvalue weighted by Gasteiger charge is -2.31. The Morgan fingerprint density at radius 3 is 2.79 bits per heavy atom. The Kier molecular flexibility index (Phi) is 3.44. The molecule has 1 aliphatic carbocycles. The molecule has 3 heteroatoms. The van der Waals surface area contributed by atoms with Crippen molar-refractivity contribution in [1.82, 2.24) is 0 Å². The van der Waals surface area contributed by atoms with E-state index in [1.165, 1.54) is 0 Å². The van der Waals surface area contributed by atoms with E-state index >= 15 is 0 Å². The van der Waals surface area contributed by atoms with Crippen LogP contribution in [0.5, 0.6) is 0 Å². The molecule has 0 aromatic heterocycles. The molecule has 1 rings (SSSR count). The van der Waals surface area contributed by atoms with Crippen LogP contribution in [0.15, 0.2) is 12.2 Å². The molecule has 0 fully saturated rings. The fraction of sp³-hybridized carbons (Fsp3) is 0.636. The van der Waals surface area contributed by atoms with E-state index in [1.807, 2.05) is 13.0 Å². The third-order valence-corrected chi connectivity index (χ3v) is 3.03. The van der Waals surface area contributed by atoms with Gasteiger partial charge in [-0.1, -0.05) is 13.0 Å². The van der Waals surface area contributed by atoms with Gasteiger partial charge >= 0.3 is 5.97 Å². The van der Waals surface area contributed by atoms with E-state index in [4.69, 9.17) is 5.11 Å². The molecule has 1 N–H and O–H groups in total. The van der Waals surface area contributed by atoms with Crippen LogP contribution in [-0.4, -0.2) is 16.9 Å². The first-order valence-corrected chi connectivity index (χ1v) is 5.02. The first-order valence-electron chi connectivity index (χ1n) is 5.02. The molecule has 14 heavy (non-hydrogen) atoms. The summed E-state index contributed by atoms with van der Waals surface area (Å²) in [5.74, 6) is -0.604. The molecule has 1 aliphatic rings. The Bertz CT molecular complexity index is 268. The van der Waals surface area contributed by atoms with Crippen molar-refractivity contribution in [3.63, 3.8) is 0 Å². The molecule has 0 saturated carbocycles. The van der Waals surface area contributed by atoms with Crippen molar-refractivity contribution >= 4 is 11.8 Å². The predicted octanol–water partition coefficient (Wildman–Crippen LogP) is 2.17. The number of aliphatic carboxylic acids is 1. The highest BCUT2D eigenvalue weighted by atomic mass is 16.4. The summed E-state index contributed by atoms with van der Waals surface area (Å²) >= 11 is 0. The summed E-state index contributed by atoms with van der Waals surface area (Å²) in [6, 6.07) is 0. The highest BCUT2D eigenvalue weighted by Crippen LogP contribution is 2.37. The number of carbonyl (C=O) groups excluding carboxylic acids is 1. The average molecular weight is 196 g/mol. The highest BCUT2D eigenvalue weighted by molar-refractivity contribution is 5.90. The lowest BCUT2D eigenvalue weighted by atomic mass is 9.73. The van der Waals surface area contributed by atoms with Crippen LogP contribution in [-0.2, 0) is 9.59 Å². The molecule has 0 amide bonds. The number of allylic oxidation sites excluding steroid dienone is 2. The maximum atomic E-state index is 11.0. The third kappa shape index (κ3) is 2.69. The van der Waals surface area contributed by atoms with Gasteiger partial charge in [0.15, 0.2) is 5.78 Å². The topological polar surface area (TPSA) is 54.4 Å². The first kappa shape index (κ1) is 11.0. The zero-order valence-corrected chi connectivity index (χ0v) is 8.45. The number of rotatable bonds is 4. The molecular weight excluding hydrogens is 180 g/mol. The maximum absolute atomic E-state index is 11.0. The summed E-state index contributed by atoms with van der Waals surface area (Å²) in [6.45, 7) is 2.04. The van der Waals surface area contributed by atoms with Gasteiger partial charge in [-0.2, -0.15) is 0 Å². The van der Waals surface area contributed by atoms with Gasteiger partial charge in [0.1, 0.15) is 0 Å². The zero-order chi connectivity index (χ0) is 10.6. The Hall–Kier alpha value is -1.12. The summed E-state index contributed by atoms with van der Waals surface area (Å²) in [5, 5.41) is 8.62. The third-order valence-electron chi connectivity index (χ3n) is 3.03. The van der Waals surface area contributed by atoms with Gasteiger partial charge in [-0.3, -0.25) is 9.59 Å². The fourth-order valence-electron chi connectivity index (χ4n) is 1.84. The summed E-state index contributed by atoms with van der Waals surface area (Å²) in [7, 11) is 0. The number of carboxylic acids is 1. The van der Waals surface area contributed by atoms with Gasteiger partial charge in [0.05, 0.1) is 0 Å². The molecule has 1 atom stereocenters. The van der Waals surface area contributed by atoms with Gasteiger partial charge in [0, 0.05) is 12.8 Å². The van der Waals surface area contributed by atoms with E-state index in [9.17, 15) is 9.59 Å². The highest BCUT2D eigenvalue weighted by Gasteiger charge is 2.29. The molecule has 0 saturated heterocycles. The quantitative estimate of drug-likeness (QED) is 0.749. The monoisotopic (exact) mass is 196 g/mol. The van der Waals surface area contributed by atoms with Crippen molar-refractivity contribution < 1.29 is 14.7 Å². The van der Waals surface area contributed by atoms with Crippen LogP contribution in [0, 0.1) is 5.41 Å². The standard InChI is InChI=1S/C11H16O3/c1-2-11(8-5-10(13)14)6-3-9(12)4-7-11/h3,6H,2,4-5,7-8H2,1H3,(H,13,14). The SMILES string of the molecule is CCC1(CCC(=O)O)C=CC(=O)CC1. The molecule has 1 unspecified atom stereocenters. The lowest BCUT2D eigenvalue weighted by Crippen LogP contribution is -2.23. The van der Waals surface area contributed by atoms with Crippen LogP contribution in [0.2, 0.25) is 0 Å². The van der Waals surface area contributed by atoms with Gasteiger partial charge in [0.25, 0.3) is 0 Å². The minimum absolute atomic E-state index is 0.0493. The van der Waals surface area contributed by atoms with Gasteiger partial charge in [-0.05, 0) is 30.8 Å². The zero-order valence-electron chi connectivity index (χ0n) is 8.45. The van der Waals surface area contributed by atoms with E-state index in [0.717, 1.165) is 12.8 Å². The molecule has 0 bridgehead atoms. The van der Waals surface area contributed by atoms with Gasteiger partial charge in [0.2, 0.25) is 0 Å². The molecule has 0 aromatic carbocycles. The van der Waals surface area contributed by atoms with Crippen molar-refractivity contribution in [3.8, 4) is 0 Å². The second-order valence-electron chi connectivity index (χ2n) is 3.91. The maximum Gasteiger partial charge on any atom is 0.303 e. The second kappa shape index (κ2) is 4.40. The van der Waals surface area contributed by atoms with Crippen LogP contribution in [0.4, 0.5) is 0 Å². The lowest BCUT2D eigenvalue weighted by molar-refractivity contribution is -0.137. The Labute approximate surface area is 83.8 Å². The fourth-order valence-corrected chi connectivity index (χ4v) is 1.84. The van der Waals surface area contributed by atoms with Crippen molar-refractivity contribution in [3.05, 3.63) is 12.2 Å². The minimum atomic E-state index is -0.761. The largest absolute Gasteiger partial charge is 0.481 e. The van der Waals surface area contributed by atoms with Crippen molar-refractivity contribution in [2.75, 3.05) is 0 Å². The number of carboxylic acid groups (broad SMARTS) is 1. The number of carbonyl (C=O) groups is 2. The van der Waals surface area contributed by atoms with Gasteiger partial charge < -0.3 is 5.11 Å². The summed E-state index contributed by atoms with van der Waals surface area (Å²) < 4.78 is 0. The normalized spacial score (nSPS) is 26.5. The molecule has 0 heterocycles. The van der Waals surface area contributed by atoms with Crippen LogP contribution in [0.3, 0.4) is 0 Å². The second-order valence-corrected chi connectivity index (χ2v) is 3.91. The summed E-state index contributed by atoms with van der Waals surface area (Å²) in [6.07, 6.45) is 6.60.